The van der Waals surface area contributed by atoms with Gasteiger partial charge in [0.1, 0.15) is 11.4 Å². The number of aromatic nitrogens is 1. The first kappa shape index (κ1) is 22.6. The summed E-state index contributed by atoms with van der Waals surface area (Å²) in [7, 11) is 2.99. The molecule has 0 unspecified atom stereocenters. The third kappa shape index (κ3) is 3.99. The molecule has 1 saturated heterocycles. The van der Waals surface area contributed by atoms with E-state index in [2.05, 4.69) is 9.98 Å². The van der Waals surface area contributed by atoms with Gasteiger partial charge in [-0.25, -0.2) is 18.8 Å². The Hall–Kier alpha value is -3.62. The van der Waals surface area contributed by atoms with E-state index in [0.29, 0.717) is 6.07 Å². The average molecular weight is 457 g/mol. The average Bonchev–Trinajstić information content (AvgIpc) is 2.80. The normalized spacial score (nSPS) is 24.6. The molecule has 0 bridgehead atoms. The van der Waals surface area contributed by atoms with Gasteiger partial charge in [0, 0.05) is 38.1 Å². The van der Waals surface area contributed by atoms with Gasteiger partial charge in [0.2, 0.25) is 11.8 Å². The minimum atomic E-state index is -1.52. The lowest BCUT2D eigenvalue weighted by atomic mass is 9.72. The zero-order valence-corrected chi connectivity index (χ0v) is 17.9. The molecule has 0 saturated carbocycles. The first-order valence-electron chi connectivity index (χ1n) is 10.1. The molecule has 3 atom stereocenters. The summed E-state index contributed by atoms with van der Waals surface area (Å²) in [4.78, 5) is 22.7. The molecular formula is C22H21F2N5O4. The van der Waals surface area contributed by atoms with Crippen LogP contribution in [0.3, 0.4) is 0 Å². The van der Waals surface area contributed by atoms with E-state index in [9.17, 15) is 9.18 Å². The summed E-state index contributed by atoms with van der Waals surface area (Å²) in [5.74, 6) is -3.61. The molecular weight excluding hydrogens is 436 g/mol. The number of benzene rings is 1. The highest BCUT2D eigenvalue weighted by molar-refractivity contribution is 6.00. The number of fused-ring (bicyclic) bond motifs is 1. The molecule has 2 aromatic rings. The third-order valence-corrected chi connectivity index (χ3v) is 5.82. The van der Waals surface area contributed by atoms with Gasteiger partial charge in [-0.05, 0) is 18.6 Å². The number of ether oxygens (including phenoxy) is 3. The fourth-order valence-corrected chi connectivity index (χ4v) is 4.13. The molecule has 11 heteroatoms. The van der Waals surface area contributed by atoms with Gasteiger partial charge in [-0.3, -0.25) is 9.69 Å². The molecule has 3 heterocycles. The van der Waals surface area contributed by atoms with Gasteiger partial charge in [-0.15, -0.1) is 0 Å². The lowest BCUT2D eigenvalue weighted by Crippen LogP contribution is -2.60. The van der Waals surface area contributed by atoms with Crippen molar-refractivity contribution in [1.29, 1.82) is 5.26 Å². The Morgan fingerprint density at radius 2 is 2.15 bits per heavy atom. The van der Waals surface area contributed by atoms with E-state index >= 15 is 4.39 Å². The summed E-state index contributed by atoms with van der Waals surface area (Å²) in [5.41, 5.74) is 4.61. The Labute approximate surface area is 188 Å². The highest BCUT2D eigenvalue weighted by atomic mass is 19.1. The van der Waals surface area contributed by atoms with Crippen molar-refractivity contribution in [1.82, 2.24) is 9.88 Å². The summed E-state index contributed by atoms with van der Waals surface area (Å²) in [6.45, 7) is 0.0695. The second kappa shape index (κ2) is 8.73. The van der Waals surface area contributed by atoms with Crippen LogP contribution in [0.25, 0.3) is 0 Å². The predicted molar refractivity (Wildman–Crippen MR) is 111 cm³/mol. The van der Waals surface area contributed by atoms with Crippen molar-refractivity contribution < 1.29 is 27.8 Å². The van der Waals surface area contributed by atoms with Gasteiger partial charge in [0.05, 0.1) is 36.9 Å². The van der Waals surface area contributed by atoms with E-state index < -0.39 is 29.2 Å². The minimum Gasteiger partial charge on any atom is -0.436 e. The van der Waals surface area contributed by atoms with Gasteiger partial charge in [0.15, 0.2) is 17.5 Å². The fourth-order valence-electron chi connectivity index (χ4n) is 4.13. The van der Waals surface area contributed by atoms with Gasteiger partial charge in [-0.2, -0.15) is 5.26 Å². The van der Waals surface area contributed by atoms with Crippen LogP contribution in [0.5, 0.6) is 11.6 Å². The summed E-state index contributed by atoms with van der Waals surface area (Å²) >= 11 is 0. The van der Waals surface area contributed by atoms with Crippen molar-refractivity contribution in [2.75, 3.05) is 27.4 Å². The number of pyridine rings is 1. The smallest absolute Gasteiger partial charge is 0.235 e. The van der Waals surface area contributed by atoms with Gasteiger partial charge in [-0.1, -0.05) is 0 Å². The van der Waals surface area contributed by atoms with Crippen molar-refractivity contribution in [3.8, 4) is 17.7 Å². The van der Waals surface area contributed by atoms with Crippen molar-refractivity contribution in [3.63, 3.8) is 0 Å². The molecule has 9 nitrogen and oxygen atoms in total. The van der Waals surface area contributed by atoms with Crippen LogP contribution in [-0.2, 0) is 19.8 Å². The monoisotopic (exact) mass is 457 g/mol. The lowest BCUT2D eigenvalue weighted by molar-refractivity contribution is -0.148. The van der Waals surface area contributed by atoms with Crippen LogP contribution in [0.1, 0.15) is 17.5 Å². The quantitative estimate of drug-likeness (QED) is 0.729. The van der Waals surface area contributed by atoms with Crippen LogP contribution in [0.15, 0.2) is 35.5 Å². The number of aliphatic imine (C=N–C) groups is 1. The molecule has 172 valence electrons. The molecule has 2 N–H and O–H groups in total. The second-order valence-electron chi connectivity index (χ2n) is 7.83. The second-order valence-corrected chi connectivity index (χ2v) is 7.83. The van der Waals surface area contributed by atoms with E-state index in [1.807, 2.05) is 6.07 Å². The number of hydrogen-bond acceptors (Lipinski definition) is 8. The van der Waals surface area contributed by atoms with Crippen LogP contribution in [0, 0.1) is 28.9 Å². The molecule has 1 aromatic heterocycles. The number of hydrogen-bond donors (Lipinski definition) is 1. The lowest BCUT2D eigenvalue weighted by Gasteiger charge is -2.47. The third-order valence-electron chi connectivity index (χ3n) is 5.82. The zero-order chi connectivity index (χ0) is 23.8. The number of halogens is 2. The van der Waals surface area contributed by atoms with E-state index in [1.165, 1.54) is 37.4 Å². The summed E-state index contributed by atoms with van der Waals surface area (Å²) in [6, 6.07) is 6.49. The SMILES string of the molecule is COC[C@H]1C[C@H]2C(=O)N(C)C(N)=N[C@@]2(c2cc(Oc3cc(C#N)ccn3)c(F)cc2F)CO1. The minimum absolute atomic E-state index is 0.0536. The van der Waals surface area contributed by atoms with Gasteiger partial charge < -0.3 is 19.9 Å². The first-order valence-corrected chi connectivity index (χ1v) is 10.1. The van der Waals surface area contributed by atoms with Crippen molar-refractivity contribution in [2.24, 2.45) is 16.6 Å². The summed E-state index contributed by atoms with van der Waals surface area (Å²) in [6.07, 6.45) is 1.13. The molecule has 0 spiro atoms. The van der Waals surface area contributed by atoms with Gasteiger partial charge in [0.25, 0.3) is 0 Å². The van der Waals surface area contributed by atoms with Crippen LogP contribution in [-0.4, -0.2) is 55.2 Å². The van der Waals surface area contributed by atoms with E-state index in [-0.39, 0.29) is 54.3 Å². The summed E-state index contributed by atoms with van der Waals surface area (Å²) < 4.78 is 46.3. The molecule has 1 amide bonds. The molecule has 33 heavy (non-hydrogen) atoms. The van der Waals surface area contributed by atoms with Crippen LogP contribution >= 0.6 is 0 Å². The Bertz CT molecular complexity index is 1170. The van der Waals surface area contributed by atoms with E-state index in [4.69, 9.17) is 25.2 Å². The standard InChI is InChI=1S/C22H21F2N5O4/c1-29-20(30)15-6-13(10-31-2)32-11-22(15,28-21(29)26)14-7-18(17(24)8-16(14)23)33-19-5-12(9-25)3-4-27-19/h3-5,7-8,13,15H,6,10-11H2,1-2H3,(H2,26,28)/t13-,15+,22-/m1/s1. The van der Waals surface area contributed by atoms with E-state index in [1.54, 1.807) is 0 Å². The van der Waals surface area contributed by atoms with Gasteiger partial charge >= 0.3 is 0 Å². The van der Waals surface area contributed by atoms with Crippen LogP contribution < -0.4 is 10.5 Å². The van der Waals surface area contributed by atoms with Crippen molar-refractivity contribution in [3.05, 3.63) is 53.2 Å². The maximum absolute atomic E-state index is 15.2. The van der Waals surface area contributed by atoms with Crippen molar-refractivity contribution >= 4 is 11.9 Å². The molecule has 0 aliphatic carbocycles. The Kier molecular flexibility index (Phi) is 5.97. The van der Waals surface area contributed by atoms with E-state index in [0.717, 1.165) is 6.07 Å². The predicted octanol–water partition coefficient (Wildman–Crippen LogP) is 2.06. The molecule has 4 rings (SSSR count). The highest BCUT2D eigenvalue weighted by Crippen LogP contribution is 2.46. The molecule has 2 aliphatic heterocycles. The number of nitrogens with two attached hydrogens (primary N) is 1. The number of carbonyl (C=O) groups excluding carboxylic acids is 1. The number of nitrogens with zero attached hydrogens (tertiary/aromatic N) is 4. The number of amides is 1. The van der Waals surface area contributed by atoms with Crippen molar-refractivity contribution in [2.45, 2.75) is 18.1 Å². The molecule has 1 aromatic carbocycles. The first-order chi connectivity index (χ1) is 15.8. The van der Waals surface area contributed by atoms with Crippen LogP contribution in [0.2, 0.25) is 0 Å². The van der Waals surface area contributed by atoms with Crippen LogP contribution in [0.4, 0.5) is 8.78 Å². The topological polar surface area (TPSA) is 123 Å². The zero-order valence-electron chi connectivity index (χ0n) is 17.9. The molecule has 0 radical (unpaired) electrons. The molecule has 1 fully saturated rings. The number of guanidine groups is 1. The Morgan fingerprint density at radius 1 is 1.36 bits per heavy atom. The number of rotatable bonds is 5. The summed E-state index contributed by atoms with van der Waals surface area (Å²) in [5, 5.41) is 9.05. The largest absolute Gasteiger partial charge is 0.436 e. The maximum Gasteiger partial charge on any atom is 0.235 e. The number of nitriles is 1. The Balaban J connectivity index is 1.81. The Morgan fingerprint density at radius 3 is 2.88 bits per heavy atom. The molecule has 2 aliphatic rings. The highest BCUT2D eigenvalue weighted by Gasteiger charge is 2.54. The maximum atomic E-state index is 15.2. The fraction of sp³-hybridized carbons (Fsp3) is 0.364. The number of carbonyl (C=O) groups is 1. The number of methoxy groups -OCH3 is 1.